The molecule has 0 spiro atoms. The predicted molar refractivity (Wildman–Crippen MR) is 73.1 cm³/mol. The summed E-state index contributed by atoms with van der Waals surface area (Å²) in [6.07, 6.45) is 0. The minimum absolute atomic E-state index is 0.320. The molecule has 0 aromatic heterocycles. The molecule has 2 nitrogen and oxygen atoms in total. The Morgan fingerprint density at radius 1 is 0.944 bits per heavy atom. The van der Waals surface area contributed by atoms with Gasteiger partial charge in [0.05, 0.1) is 6.54 Å². The van der Waals surface area contributed by atoms with Gasteiger partial charge in [-0.2, -0.15) is 0 Å². The number of nitrogens with one attached hydrogen (secondary N) is 1. The number of hydrogen-bond donors (Lipinski definition) is 2. The van der Waals surface area contributed by atoms with Gasteiger partial charge < -0.3 is 10.4 Å². The quantitative estimate of drug-likeness (QED) is 0.635. The van der Waals surface area contributed by atoms with Crippen LogP contribution in [0, 0.1) is 11.8 Å². The largest absolute Gasteiger partial charge is 0.508 e. The second-order valence-electron chi connectivity index (χ2n) is 3.90. The number of phenols is 1. The predicted octanol–water partition coefficient (Wildman–Crippen LogP) is 2.53. The summed E-state index contributed by atoms with van der Waals surface area (Å²) >= 11 is 0. The van der Waals surface area contributed by atoms with Crippen LogP contribution < -0.4 is 5.32 Å². The number of rotatable bonds is 3. The van der Waals surface area contributed by atoms with Crippen molar-refractivity contribution in [2.45, 2.75) is 6.54 Å². The van der Waals surface area contributed by atoms with Crippen molar-refractivity contribution in [1.82, 2.24) is 5.32 Å². The van der Waals surface area contributed by atoms with Crippen molar-refractivity contribution >= 4 is 0 Å². The first-order valence-electron chi connectivity index (χ1n) is 5.88. The summed E-state index contributed by atoms with van der Waals surface area (Å²) in [5.41, 5.74) is 1.90. The van der Waals surface area contributed by atoms with Crippen LogP contribution in [-0.4, -0.2) is 11.7 Å². The fourth-order valence-corrected chi connectivity index (χ4v) is 1.59. The minimum atomic E-state index is 0.320. The van der Waals surface area contributed by atoms with Crippen LogP contribution in [0.25, 0.3) is 0 Å². The molecule has 90 valence electrons. The van der Waals surface area contributed by atoms with Gasteiger partial charge in [0.15, 0.2) is 0 Å². The molecule has 0 saturated carbocycles. The van der Waals surface area contributed by atoms with E-state index < -0.39 is 0 Å². The highest BCUT2D eigenvalue weighted by molar-refractivity contribution is 5.34. The lowest BCUT2D eigenvalue weighted by Gasteiger charge is -2.03. The third-order valence-corrected chi connectivity index (χ3v) is 2.53. The summed E-state index contributed by atoms with van der Waals surface area (Å²) in [6, 6.07) is 17.2. The van der Waals surface area contributed by atoms with E-state index in [9.17, 15) is 5.11 Å². The average molecular weight is 237 g/mol. The molecule has 0 saturated heterocycles. The van der Waals surface area contributed by atoms with Gasteiger partial charge in [-0.3, -0.25) is 0 Å². The van der Waals surface area contributed by atoms with E-state index in [1.54, 1.807) is 6.07 Å². The van der Waals surface area contributed by atoms with Crippen molar-refractivity contribution in [1.29, 1.82) is 0 Å². The third-order valence-electron chi connectivity index (χ3n) is 2.53. The maximum absolute atomic E-state index is 9.57. The Labute approximate surface area is 107 Å². The Kier molecular flexibility index (Phi) is 4.40. The fraction of sp³-hybridized carbons (Fsp3) is 0.125. The highest BCUT2D eigenvalue weighted by atomic mass is 16.3. The topological polar surface area (TPSA) is 32.3 Å². The molecule has 2 rings (SSSR count). The molecule has 0 heterocycles. The van der Waals surface area contributed by atoms with Crippen molar-refractivity contribution < 1.29 is 5.11 Å². The lowest BCUT2D eigenvalue weighted by atomic mass is 10.2. The molecule has 0 bridgehead atoms. The van der Waals surface area contributed by atoms with Gasteiger partial charge in [-0.05, 0) is 18.2 Å². The molecule has 0 atom stereocenters. The first-order valence-corrected chi connectivity index (χ1v) is 5.88. The Hall–Kier alpha value is -2.24. The normalized spacial score (nSPS) is 9.56. The number of benzene rings is 2. The van der Waals surface area contributed by atoms with Crippen LogP contribution in [0.5, 0.6) is 5.75 Å². The van der Waals surface area contributed by atoms with Gasteiger partial charge in [-0.25, -0.2) is 0 Å². The van der Waals surface area contributed by atoms with Crippen LogP contribution in [0.3, 0.4) is 0 Å². The van der Waals surface area contributed by atoms with Gasteiger partial charge >= 0.3 is 0 Å². The summed E-state index contributed by atoms with van der Waals surface area (Å²) in [5.74, 6) is 6.44. The highest BCUT2D eigenvalue weighted by Gasteiger charge is 1.96. The lowest BCUT2D eigenvalue weighted by Crippen LogP contribution is -2.13. The van der Waals surface area contributed by atoms with Crippen molar-refractivity contribution in [3.8, 4) is 17.6 Å². The van der Waals surface area contributed by atoms with Crippen LogP contribution in [0.1, 0.15) is 11.1 Å². The van der Waals surface area contributed by atoms with Crippen LogP contribution in [0.4, 0.5) is 0 Å². The molecule has 2 N–H and O–H groups in total. The van der Waals surface area contributed by atoms with Crippen LogP contribution in [0.2, 0.25) is 0 Å². The molecule has 0 unspecified atom stereocenters. The minimum Gasteiger partial charge on any atom is -0.508 e. The van der Waals surface area contributed by atoms with Gasteiger partial charge in [0.1, 0.15) is 5.75 Å². The van der Waals surface area contributed by atoms with E-state index in [1.807, 2.05) is 48.5 Å². The molecule has 0 radical (unpaired) electrons. The molecule has 2 aromatic rings. The van der Waals surface area contributed by atoms with E-state index in [0.717, 1.165) is 11.1 Å². The number of aromatic hydroxyl groups is 1. The van der Waals surface area contributed by atoms with Gasteiger partial charge in [0, 0.05) is 17.7 Å². The summed E-state index contributed by atoms with van der Waals surface area (Å²) in [7, 11) is 0. The Morgan fingerprint density at radius 2 is 1.67 bits per heavy atom. The van der Waals surface area contributed by atoms with Crippen LogP contribution in [0.15, 0.2) is 54.6 Å². The van der Waals surface area contributed by atoms with E-state index in [-0.39, 0.29) is 0 Å². The average Bonchev–Trinajstić information content (AvgIpc) is 2.42. The maximum Gasteiger partial charge on any atom is 0.120 e. The standard InChI is InChI=1S/C16H15NO/c18-16-11-5-4-10-15(16)13-17-12-6-9-14-7-2-1-3-8-14/h1-5,7-8,10-11,17-18H,12-13H2. The van der Waals surface area contributed by atoms with Crippen molar-refractivity contribution in [2.24, 2.45) is 0 Å². The van der Waals surface area contributed by atoms with Crippen molar-refractivity contribution in [2.75, 3.05) is 6.54 Å². The van der Waals surface area contributed by atoms with Gasteiger partial charge in [-0.1, -0.05) is 48.2 Å². The fourth-order valence-electron chi connectivity index (χ4n) is 1.59. The molecule has 0 amide bonds. The molecular formula is C16H15NO. The monoisotopic (exact) mass is 237 g/mol. The maximum atomic E-state index is 9.57. The molecule has 2 aromatic carbocycles. The second kappa shape index (κ2) is 6.48. The van der Waals surface area contributed by atoms with E-state index in [0.29, 0.717) is 18.8 Å². The van der Waals surface area contributed by atoms with Crippen molar-refractivity contribution in [3.05, 3.63) is 65.7 Å². The van der Waals surface area contributed by atoms with Gasteiger partial charge in [0.25, 0.3) is 0 Å². The molecule has 0 aliphatic heterocycles. The van der Waals surface area contributed by atoms with E-state index in [1.165, 1.54) is 0 Å². The summed E-state index contributed by atoms with van der Waals surface area (Å²) in [6.45, 7) is 1.22. The van der Waals surface area contributed by atoms with Crippen molar-refractivity contribution in [3.63, 3.8) is 0 Å². The Morgan fingerprint density at radius 3 is 2.44 bits per heavy atom. The van der Waals surface area contributed by atoms with Gasteiger partial charge in [0.2, 0.25) is 0 Å². The Bertz CT molecular complexity index is 552. The highest BCUT2D eigenvalue weighted by Crippen LogP contribution is 2.14. The van der Waals surface area contributed by atoms with E-state index in [2.05, 4.69) is 17.2 Å². The molecule has 2 heteroatoms. The molecular weight excluding hydrogens is 222 g/mol. The molecule has 18 heavy (non-hydrogen) atoms. The first-order chi connectivity index (χ1) is 8.86. The van der Waals surface area contributed by atoms with E-state index in [4.69, 9.17) is 0 Å². The summed E-state index contributed by atoms with van der Waals surface area (Å²) in [4.78, 5) is 0. The SMILES string of the molecule is Oc1ccccc1CNCC#Cc1ccccc1. The summed E-state index contributed by atoms with van der Waals surface area (Å²) in [5, 5.41) is 12.7. The number of para-hydroxylation sites is 1. The number of phenolic OH excluding ortho intramolecular Hbond substituents is 1. The van der Waals surface area contributed by atoms with Crippen LogP contribution >= 0.6 is 0 Å². The molecule has 0 aliphatic rings. The zero-order valence-corrected chi connectivity index (χ0v) is 10.1. The molecule has 0 fully saturated rings. The lowest BCUT2D eigenvalue weighted by molar-refractivity contribution is 0.465. The molecule has 0 aliphatic carbocycles. The Balaban J connectivity index is 1.81. The zero-order valence-electron chi connectivity index (χ0n) is 10.1. The first kappa shape index (κ1) is 12.2. The van der Waals surface area contributed by atoms with Gasteiger partial charge in [-0.15, -0.1) is 0 Å². The second-order valence-corrected chi connectivity index (χ2v) is 3.90. The smallest absolute Gasteiger partial charge is 0.120 e. The third kappa shape index (κ3) is 3.65. The summed E-state index contributed by atoms with van der Waals surface area (Å²) < 4.78 is 0. The zero-order chi connectivity index (χ0) is 12.6. The van der Waals surface area contributed by atoms with E-state index >= 15 is 0 Å². The van der Waals surface area contributed by atoms with Crippen LogP contribution in [-0.2, 0) is 6.54 Å². The number of hydrogen-bond acceptors (Lipinski definition) is 2.